The van der Waals surface area contributed by atoms with Crippen LogP contribution >= 0.6 is 0 Å². The lowest BCUT2D eigenvalue weighted by Gasteiger charge is -2.13. The van der Waals surface area contributed by atoms with Gasteiger partial charge in [-0.3, -0.25) is 14.5 Å². The topological polar surface area (TPSA) is 88.3 Å². The van der Waals surface area contributed by atoms with Crippen LogP contribution in [-0.2, 0) is 16.1 Å². The average Bonchev–Trinajstić information content (AvgIpc) is 2.61. The zero-order chi connectivity index (χ0) is 11.5. The lowest BCUT2D eigenvalue weighted by atomic mass is 10.3. The summed E-state index contributed by atoms with van der Waals surface area (Å²) in [7, 11) is 0. The normalized spacial score (nSPS) is 15.7. The molecule has 6 nitrogen and oxygen atoms in total. The maximum atomic E-state index is 11.4. The fourth-order valence-electron chi connectivity index (χ4n) is 1.61. The number of nitrogens with one attached hydrogen (secondary N) is 1. The van der Waals surface area contributed by atoms with Crippen molar-refractivity contribution in [3.63, 3.8) is 0 Å². The van der Waals surface area contributed by atoms with Crippen molar-refractivity contribution in [1.82, 2.24) is 9.88 Å². The molecule has 6 heteroatoms. The van der Waals surface area contributed by atoms with E-state index < -0.39 is 0 Å². The predicted octanol–water partition coefficient (Wildman–Crippen LogP) is 0.0162. The molecule has 2 amide bonds. The van der Waals surface area contributed by atoms with Crippen LogP contribution in [0.1, 0.15) is 18.5 Å². The highest BCUT2D eigenvalue weighted by Gasteiger charge is 2.28. The second-order valence-electron chi connectivity index (χ2n) is 3.53. The van der Waals surface area contributed by atoms with E-state index in [-0.39, 0.29) is 18.4 Å². The zero-order valence-corrected chi connectivity index (χ0v) is 8.64. The number of aromatic nitrogens is 1. The van der Waals surface area contributed by atoms with Gasteiger partial charge in [-0.15, -0.1) is 0 Å². The molecule has 84 valence electrons. The number of imide groups is 1. The molecule has 2 rings (SSSR count). The van der Waals surface area contributed by atoms with Gasteiger partial charge >= 0.3 is 0 Å². The van der Waals surface area contributed by atoms with Crippen LogP contribution in [0.4, 0.5) is 5.82 Å². The number of hydrogen-bond acceptors (Lipinski definition) is 5. The molecule has 2 heterocycles. The molecule has 0 saturated carbocycles. The van der Waals surface area contributed by atoms with E-state index in [1.165, 1.54) is 4.90 Å². The van der Waals surface area contributed by atoms with Gasteiger partial charge in [0.05, 0.1) is 12.2 Å². The number of nitrogen functional groups attached to an aromatic ring is 1. The van der Waals surface area contributed by atoms with Crippen molar-refractivity contribution >= 4 is 17.6 Å². The quantitative estimate of drug-likeness (QED) is 0.426. The van der Waals surface area contributed by atoms with Crippen LogP contribution in [0.2, 0.25) is 0 Å². The van der Waals surface area contributed by atoms with E-state index >= 15 is 0 Å². The number of carbonyl (C=O) groups is 2. The Morgan fingerprint density at radius 3 is 2.62 bits per heavy atom. The van der Waals surface area contributed by atoms with Gasteiger partial charge in [-0.25, -0.2) is 10.8 Å². The highest BCUT2D eigenvalue weighted by Crippen LogP contribution is 2.15. The number of nitrogens with two attached hydrogens (primary N) is 1. The highest BCUT2D eigenvalue weighted by atomic mass is 16.2. The summed E-state index contributed by atoms with van der Waals surface area (Å²) in [6.45, 7) is 0.215. The first kappa shape index (κ1) is 10.6. The Morgan fingerprint density at radius 2 is 2.00 bits per heavy atom. The summed E-state index contributed by atoms with van der Waals surface area (Å²) < 4.78 is 0. The van der Waals surface area contributed by atoms with Crippen LogP contribution in [-0.4, -0.2) is 21.7 Å². The van der Waals surface area contributed by atoms with Crippen LogP contribution in [0.15, 0.2) is 18.2 Å². The van der Waals surface area contributed by atoms with Crippen molar-refractivity contribution in [1.29, 1.82) is 0 Å². The monoisotopic (exact) mass is 220 g/mol. The number of nitrogens with zero attached hydrogens (tertiary/aromatic N) is 2. The number of likely N-dealkylation sites (tertiary alicyclic amines) is 1. The molecular formula is C10H12N4O2. The minimum absolute atomic E-state index is 0.141. The van der Waals surface area contributed by atoms with Crippen LogP contribution in [0.3, 0.4) is 0 Å². The molecule has 1 aromatic rings. The number of amides is 2. The molecule has 0 aromatic carbocycles. The number of hydrazine groups is 1. The Bertz CT molecular complexity index is 417. The maximum absolute atomic E-state index is 11.4. The van der Waals surface area contributed by atoms with E-state index in [2.05, 4.69) is 10.4 Å². The standard InChI is InChI=1S/C10H12N4O2/c11-13-8-3-1-2-7(12-8)6-14-9(15)4-5-10(14)16/h1-3H,4-6,11H2,(H,12,13). The van der Waals surface area contributed by atoms with Gasteiger partial charge in [-0.2, -0.15) is 0 Å². The van der Waals surface area contributed by atoms with E-state index in [9.17, 15) is 9.59 Å². The van der Waals surface area contributed by atoms with Gasteiger partial charge in [0.1, 0.15) is 5.82 Å². The van der Waals surface area contributed by atoms with Crippen molar-refractivity contribution in [3.8, 4) is 0 Å². The summed E-state index contributed by atoms with van der Waals surface area (Å²) in [6.07, 6.45) is 0.599. The SMILES string of the molecule is NNc1cccc(CN2C(=O)CCC2=O)n1. The summed E-state index contributed by atoms with van der Waals surface area (Å²) in [5, 5.41) is 0. The maximum Gasteiger partial charge on any atom is 0.230 e. The Morgan fingerprint density at radius 1 is 1.31 bits per heavy atom. The zero-order valence-electron chi connectivity index (χ0n) is 8.64. The molecule has 3 N–H and O–H groups in total. The van der Waals surface area contributed by atoms with Crippen molar-refractivity contribution in [2.24, 2.45) is 5.84 Å². The minimum Gasteiger partial charge on any atom is -0.308 e. The minimum atomic E-state index is -0.141. The first-order chi connectivity index (χ1) is 7.70. The second kappa shape index (κ2) is 4.28. The van der Waals surface area contributed by atoms with Crippen molar-refractivity contribution in [2.75, 3.05) is 5.43 Å². The summed E-state index contributed by atoms with van der Waals surface area (Å²) in [5.74, 6) is 5.45. The van der Waals surface area contributed by atoms with Crippen molar-refractivity contribution in [3.05, 3.63) is 23.9 Å². The van der Waals surface area contributed by atoms with Crippen LogP contribution in [0, 0.1) is 0 Å². The number of anilines is 1. The van der Waals surface area contributed by atoms with Crippen LogP contribution in [0.5, 0.6) is 0 Å². The molecule has 1 fully saturated rings. The molecule has 1 aromatic heterocycles. The number of carbonyl (C=O) groups excluding carboxylic acids is 2. The van der Waals surface area contributed by atoms with E-state index in [0.717, 1.165) is 0 Å². The van der Waals surface area contributed by atoms with E-state index in [0.29, 0.717) is 24.4 Å². The number of pyridine rings is 1. The fraction of sp³-hybridized carbons (Fsp3) is 0.300. The molecule has 1 aliphatic rings. The van der Waals surface area contributed by atoms with Gasteiger partial charge < -0.3 is 5.43 Å². The summed E-state index contributed by atoms with van der Waals surface area (Å²) in [6, 6.07) is 5.22. The predicted molar refractivity (Wildman–Crippen MR) is 56.8 cm³/mol. The van der Waals surface area contributed by atoms with Crippen molar-refractivity contribution in [2.45, 2.75) is 19.4 Å². The van der Waals surface area contributed by atoms with Gasteiger partial charge in [-0.05, 0) is 12.1 Å². The average molecular weight is 220 g/mol. The third-order valence-electron chi connectivity index (χ3n) is 2.43. The van der Waals surface area contributed by atoms with E-state index in [4.69, 9.17) is 5.84 Å². The molecule has 0 radical (unpaired) electrons. The molecular weight excluding hydrogens is 208 g/mol. The number of hydrogen-bond donors (Lipinski definition) is 2. The largest absolute Gasteiger partial charge is 0.308 e. The van der Waals surface area contributed by atoms with Crippen molar-refractivity contribution < 1.29 is 9.59 Å². The van der Waals surface area contributed by atoms with Gasteiger partial charge in [0.2, 0.25) is 11.8 Å². The van der Waals surface area contributed by atoms with Gasteiger partial charge in [-0.1, -0.05) is 6.07 Å². The Balaban J connectivity index is 2.14. The van der Waals surface area contributed by atoms with Gasteiger partial charge in [0.15, 0.2) is 0 Å². The Kier molecular flexibility index (Phi) is 2.82. The summed E-state index contributed by atoms with van der Waals surface area (Å²) in [5.41, 5.74) is 3.05. The molecule has 1 aliphatic heterocycles. The molecule has 0 atom stereocenters. The summed E-state index contributed by atoms with van der Waals surface area (Å²) >= 11 is 0. The molecule has 0 spiro atoms. The van der Waals surface area contributed by atoms with E-state index in [1.54, 1.807) is 18.2 Å². The second-order valence-corrected chi connectivity index (χ2v) is 3.53. The first-order valence-corrected chi connectivity index (χ1v) is 4.96. The number of rotatable bonds is 3. The molecule has 0 aliphatic carbocycles. The molecule has 16 heavy (non-hydrogen) atoms. The van der Waals surface area contributed by atoms with E-state index in [1.807, 2.05) is 0 Å². The molecule has 1 saturated heterocycles. The van der Waals surface area contributed by atoms with Crippen LogP contribution < -0.4 is 11.3 Å². The fourth-order valence-corrected chi connectivity index (χ4v) is 1.61. The third-order valence-corrected chi connectivity index (χ3v) is 2.43. The Labute approximate surface area is 92.4 Å². The van der Waals surface area contributed by atoms with Crippen LogP contribution in [0.25, 0.3) is 0 Å². The van der Waals surface area contributed by atoms with Gasteiger partial charge in [0.25, 0.3) is 0 Å². The summed E-state index contributed by atoms with van der Waals surface area (Å²) in [4.78, 5) is 28.1. The molecule has 0 unspecified atom stereocenters. The lowest BCUT2D eigenvalue weighted by Crippen LogP contribution is -2.28. The first-order valence-electron chi connectivity index (χ1n) is 4.96. The smallest absolute Gasteiger partial charge is 0.230 e. The molecule has 0 bridgehead atoms. The Hall–Kier alpha value is -1.95. The third kappa shape index (κ3) is 2.01. The highest BCUT2D eigenvalue weighted by molar-refractivity contribution is 6.01. The van der Waals surface area contributed by atoms with Gasteiger partial charge in [0, 0.05) is 12.8 Å². The lowest BCUT2D eigenvalue weighted by molar-refractivity contribution is -0.139.